The molecular formula is C15H22FNO3. The largest absolute Gasteiger partial charge is 0.468 e. The molecule has 0 bridgehead atoms. The molecule has 0 radical (unpaired) electrons. The lowest BCUT2D eigenvalue weighted by Gasteiger charge is -2.30. The smallest absolute Gasteiger partial charge is 0.317 e. The summed E-state index contributed by atoms with van der Waals surface area (Å²) < 4.78 is 23.4. The van der Waals surface area contributed by atoms with E-state index in [9.17, 15) is 9.18 Å². The molecule has 0 saturated heterocycles. The van der Waals surface area contributed by atoms with Crippen molar-refractivity contribution in [2.24, 2.45) is 5.73 Å². The molecule has 0 aliphatic carbocycles. The van der Waals surface area contributed by atoms with Crippen LogP contribution in [-0.4, -0.2) is 32.3 Å². The average Bonchev–Trinajstić information content (AvgIpc) is 2.44. The average molecular weight is 283 g/mol. The van der Waals surface area contributed by atoms with Gasteiger partial charge < -0.3 is 15.2 Å². The Labute approximate surface area is 119 Å². The Balaban J connectivity index is 3.04. The molecule has 0 fully saturated rings. The molecule has 112 valence electrons. The second kappa shape index (κ2) is 7.36. The number of rotatable bonds is 7. The quantitative estimate of drug-likeness (QED) is 0.778. The minimum Gasteiger partial charge on any atom is -0.468 e. The number of ether oxygens (including phenoxy) is 2. The summed E-state index contributed by atoms with van der Waals surface area (Å²) in [5.74, 6) is -0.790. The Bertz CT molecular complexity index is 433. The maximum atomic E-state index is 13.0. The Morgan fingerprint density at radius 2 is 1.95 bits per heavy atom. The van der Waals surface area contributed by atoms with Crippen molar-refractivity contribution in [1.29, 1.82) is 0 Å². The first kappa shape index (κ1) is 16.6. The van der Waals surface area contributed by atoms with Gasteiger partial charge in [-0.05, 0) is 38.0 Å². The predicted molar refractivity (Wildman–Crippen MR) is 74.9 cm³/mol. The van der Waals surface area contributed by atoms with Crippen LogP contribution in [0.3, 0.4) is 0 Å². The van der Waals surface area contributed by atoms with E-state index < -0.39 is 11.4 Å². The zero-order valence-electron chi connectivity index (χ0n) is 12.2. The molecule has 0 aromatic heterocycles. The SMILES string of the molecule is COC(=O)C(CN)(CCOC(C)C)c1ccc(F)cc1. The molecule has 1 aromatic rings. The van der Waals surface area contributed by atoms with Gasteiger partial charge in [-0.3, -0.25) is 4.79 Å². The normalized spacial score (nSPS) is 14.1. The number of hydrogen-bond acceptors (Lipinski definition) is 4. The van der Waals surface area contributed by atoms with Gasteiger partial charge in [0.1, 0.15) is 11.2 Å². The number of carbonyl (C=O) groups excluding carboxylic acids is 1. The predicted octanol–water partition coefficient (Wildman–Crippen LogP) is 2.01. The first-order valence-electron chi connectivity index (χ1n) is 6.62. The minimum atomic E-state index is -1.00. The lowest BCUT2D eigenvalue weighted by atomic mass is 9.77. The minimum absolute atomic E-state index is 0.0661. The van der Waals surface area contributed by atoms with Crippen LogP contribution in [0.1, 0.15) is 25.8 Å². The van der Waals surface area contributed by atoms with Crippen LogP contribution >= 0.6 is 0 Å². The molecule has 0 spiro atoms. The van der Waals surface area contributed by atoms with E-state index in [4.69, 9.17) is 15.2 Å². The van der Waals surface area contributed by atoms with E-state index in [1.807, 2.05) is 13.8 Å². The van der Waals surface area contributed by atoms with Gasteiger partial charge in [-0.15, -0.1) is 0 Å². The van der Waals surface area contributed by atoms with Crippen molar-refractivity contribution in [2.75, 3.05) is 20.3 Å². The van der Waals surface area contributed by atoms with Crippen LogP contribution in [0.15, 0.2) is 24.3 Å². The van der Waals surface area contributed by atoms with E-state index in [0.29, 0.717) is 18.6 Å². The summed E-state index contributed by atoms with van der Waals surface area (Å²) in [5, 5.41) is 0. The Morgan fingerprint density at radius 1 is 1.35 bits per heavy atom. The molecule has 20 heavy (non-hydrogen) atoms. The van der Waals surface area contributed by atoms with Gasteiger partial charge in [-0.25, -0.2) is 4.39 Å². The third-order valence-electron chi connectivity index (χ3n) is 3.30. The molecule has 1 aromatic carbocycles. The number of benzene rings is 1. The molecule has 0 aliphatic rings. The van der Waals surface area contributed by atoms with Crippen LogP contribution in [0.2, 0.25) is 0 Å². The van der Waals surface area contributed by atoms with Crippen LogP contribution in [0.5, 0.6) is 0 Å². The summed E-state index contributed by atoms with van der Waals surface area (Å²) in [6.45, 7) is 4.29. The van der Waals surface area contributed by atoms with Gasteiger partial charge in [0, 0.05) is 13.2 Å². The lowest BCUT2D eigenvalue weighted by Crippen LogP contribution is -2.45. The van der Waals surface area contributed by atoms with Crippen LogP contribution in [0.25, 0.3) is 0 Å². The van der Waals surface area contributed by atoms with Crippen molar-refractivity contribution in [1.82, 2.24) is 0 Å². The van der Waals surface area contributed by atoms with Crippen LogP contribution in [0.4, 0.5) is 4.39 Å². The molecule has 0 amide bonds. The summed E-state index contributed by atoms with van der Waals surface area (Å²) in [6, 6.07) is 5.75. The summed E-state index contributed by atoms with van der Waals surface area (Å²) in [7, 11) is 1.32. The fourth-order valence-corrected chi connectivity index (χ4v) is 2.10. The van der Waals surface area contributed by atoms with Gasteiger partial charge >= 0.3 is 5.97 Å². The number of esters is 1. The number of carbonyl (C=O) groups is 1. The van der Waals surface area contributed by atoms with Crippen molar-refractivity contribution >= 4 is 5.97 Å². The molecule has 1 atom stereocenters. The van der Waals surface area contributed by atoms with Crippen molar-refractivity contribution in [2.45, 2.75) is 31.8 Å². The molecule has 5 heteroatoms. The van der Waals surface area contributed by atoms with Gasteiger partial charge in [-0.2, -0.15) is 0 Å². The Hall–Kier alpha value is -1.46. The highest BCUT2D eigenvalue weighted by Gasteiger charge is 2.40. The van der Waals surface area contributed by atoms with Gasteiger partial charge in [0.15, 0.2) is 0 Å². The first-order chi connectivity index (χ1) is 9.46. The van der Waals surface area contributed by atoms with Crippen molar-refractivity contribution in [3.05, 3.63) is 35.6 Å². The molecule has 0 saturated carbocycles. The number of halogens is 1. The van der Waals surface area contributed by atoms with Crippen LogP contribution in [-0.2, 0) is 19.7 Å². The molecule has 4 nitrogen and oxygen atoms in total. The molecule has 0 heterocycles. The molecule has 0 aliphatic heterocycles. The third kappa shape index (κ3) is 3.77. The van der Waals surface area contributed by atoms with E-state index in [-0.39, 0.29) is 18.5 Å². The number of hydrogen-bond donors (Lipinski definition) is 1. The molecular weight excluding hydrogens is 261 g/mol. The monoisotopic (exact) mass is 283 g/mol. The summed E-state index contributed by atoms with van der Waals surface area (Å²) >= 11 is 0. The highest BCUT2D eigenvalue weighted by Crippen LogP contribution is 2.29. The molecule has 2 N–H and O–H groups in total. The standard InChI is InChI=1S/C15H22FNO3/c1-11(2)20-9-8-15(10-17,14(18)19-3)12-4-6-13(16)7-5-12/h4-7,11H,8-10,17H2,1-3H3. The zero-order valence-corrected chi connectivity index (χ0v) is 12.2. The lowest BCUT2D eigenvalue weighted by molar-refractivity contribution is -0.148. The van der Waals surface area contributed by atoms with Gasteiger partial charge in [-0.1, -0.05) is 12.1 Å². The van der Waals surface area contributed by atoms with E-state index in [2.05, 4.69) is 0 Å². The number of nitrogens with two attached hydrogens (primary N) is 1. The van der Waals surface area contributed by atoms with Crippen molar-refractivity contribution in [3.63, 3.8) is 0 Å². The highest BCUT2D eigenvalue weighted by molar-refractivity contribution is 5.83. The topological polar surface area (TPSA) is 61.5 Å². The fraction of sp³-hybridized carbons (Fsp3) is 0.533. The Morgan fingerprint density at radius 3 is 2.40 bits per heavy atom. The number of methoxy groups -OCH3 is 1. The second-order valence-electron chi connectivity index (χ2n) is 4.95. The van der Waals surface area contributed by atoms with E-state index in [1.165, 1.54) is 19.2 Å². The summed E-state index contributed by atoms with van der Waals surface area (Å²) in [6.07, 6.45) is 0.455. The van der Waals surface area contributed by atoms with E-state index >= 15 is 0 Å². The summed E-state index contributed by atoms with van der Waals surface area (Å²) in [5.41, 5.74) is 5.46. The second-order valence-corrected chi connectivity index (χ2v) is 4.95. The Kier molecular flexibility index (Phi) is 6.10. The zero-order chi connectivity index (χ0) is 15.2. The van der Waals surface area contributed by atoms with Crippen molar-refractivity contribution in [3.8, 4) is 0 Å². The van der Waals surface area contributed by atoms with E-state index in [0.717, 1.165) is 0 Å². The first-order valence-corrected chi connectivity index (χ1v) is 6.62. The maximum absolute atomic E-state index is 13.0. The maximum Gasteiger partial charge on any atom is 0.317 e. The van der Waals surface area contributed by atoms with Gasteiger partial charge in [0.2, 0.25) is 0 Å². The highest BCUT2D eigenvalue weighted by atomic mass is 19.1. The third-order valence-corrected chi connectivity index (χ3v) is 3.30. The van der Waals surface area contributed by atoms with Gasteiger partial charge in [0.05, 0.1) is 13.2 Å². The van der Waals surface area contributed by atoms with E-state index in [1.54, 1.807) is 12.1 Å². The van der Waals surface area contributed by atoms with Crippen LogP contribution in [0, 0.1) is 5.82 Å². The summed E-state index contributed by atoms with van der Waals surface area (Å²) in [4.78, 5) is 12.2. The molecule has 1 unspecified atom stereocenters. The molecule has 1 rings (SSSR count). The van der Waals surface area contributed by atoms with Gasteiger partial charge in [0.25, 0.3) is 0 Å². The van der Waals surface area contributed by atoms with Crippen LogP contribution < -0.4 is 5.73 Å². The van der Waals surface area contributed by atoms with Crippen molar-refractivity contribution < 1.29 is 18.7 Å². The fourth-order valence-electron chi connectivity index (χ4n) is 2.10.